The zero-order chi connectivity index (χ0) is 56.0. The largest absolute Gasteiger partial charge is 0.497 e. The molecule has 20 heteroatoms. The Balaban J connectivity index is 0.000000190. The molecule has 8 atom stereocenters. The minimum atomic E-state index is -2.12. The van der Waals surface area contributed by atoms with E-state index < -0.39 is 82.4 Å². The van der Waals surface area contributed by atoms with Gasteiger partial charge in [-0.05, 0) is 177 Å². The number of hydrogen-bond donors (Lipinski definition) is 4. The summed E-state index contributed by atoms with van der Waals surface area (Å²) in [5.74, 6) is -0.129. The van der Waals surface area contributed by atoms with Crippen LogP contribution >= 0.6 is 0 Å². The van der Waals surface area contributed by atoms with Crippen molar-refractivity contribution in [3.63, 3.8) is 0 Å². The topological polar surface area (TPSA) is 248 Å². The van der Waals surface area contributed by atoms with Crippen molar-refractivity contribution in [1.82, 2.24) is 9.80 Å². The number of fused-ring (bicyclic) bond motifs is 6. The molecule has 3 unspecified atom stereocenters. The first-order valence-electron chi connectivity index (χ1n) is 27.3. The van der Waals surface area contributed by atoms with Gasteiger partial charge in [0.15, 0.2) is 46.4 Å². The van der Waals surface area contributed by atoms with Gasteiger partial charge in [0.05, 0.1) is 75.4 Å². The lowest BCUT2D eigenvalue weighted by Gasteiger charge is -2.39. The van der Waals surface area contributed by atoms with E-state index in [0.29, 0.717) is 60.2 Å². The number of rotatable bonds is 18. The highest BCUT2D eigenvalue weighted by Gasteiger charge is 2.61. The predicted molar refractivity (Wildman–Crippen MR) is 279 cm³/mol. The summed E-state index contributed by atoms with van der Waals surface area (Å²) in [6, 6.07) is 8.01. The van der Waals surface area contributed by atoms with Crippen molar-refractivity contribution in [3.8, 4) is 23.0 Å². The van der Waals surface area contributed by atoms with Gasteiger partial charge in [-0.3, -0.25) is 19.4 Å². The first-order valence-corrected chi connectivity index (χ1v) is 27.3. The van der Waals surface area contributed by atoms with Gasteiger partial charge in [-0.1, -0.05) is 0 Å². The lowest BCUT2D eigenvalue weighted by atomic mass is 9.77. The fraction of sp³-hybridized carbons (Fsp3) is 0.655. The second-order valence-corrected chi connectivity index (χ2v) is 23.5. The van der Waals surface area contributed by atoms with Crippen molar-refractivity contribution in [1.29, 1.82) is 0 Å². The third-order valence-electron chi connectivity index (χ3n) is 17.2. The molecule has 2 spiro atoms. The lowest BCUT2D eigenvalue weighted by Crippen LogP contribution is -2.49. The number of aliphatic hydroxyl groups is 4. The van der Waals surface area contributed by atoms with Gasteiger partial charge in [0, 0.05) is 13.1 Å². The van der Waals surface area contributed by atoms with Crippen LogP contribution in [0.5, 0.6) is 23.0 Å². The monoisotopic (exact) mass is 1090 g/mol. The second kappa shape index (κ2) is 22.1. The summed E-state index contributed by atoms with van der Waals surface area (Å²) in [5.41, 5.74) is -2.85. The van der Waals surface area contributed by atoms with E-state index >= 15 is 0 Å². The molecule has 2 aromatic rings. The molecule has 2 fully saturated rings. The molecule has 4 N–H and O–H groups in total. The average Bonchev–Trinajstić information content (AvgIpc) is 4.29. The number of methoxy groups -OCH3 is 4. The number of nitrogens with zero attached hydrogens (tertiary/aromatic N) is 2. The molecule has 6 aliphatic heterocycles. The molecule has 78 heavy (non-hydrogen) atoms. The summed E-state index contributed by atoms with van der Waals surface area (Å²) >= 11 is 0. The maximum Gasteiger partial charge on any atom is 0.339 e. The fourth-order valence-corrected chi connectivity index (χ4v) is 13.4. The summed E-state index contributed by atoms with van der Waals surface area (Å²) in [6.45, 7) is 10.4. The molecule has 2 aromatic carbocycles. The van der Waals surface area contributed by atoms with Crippen LogP contribution in [0.4, 0.5) is 0 Å². The highest BCUT2D eigenvalue weighted by Crippen LogP contribution is 2.58. The zero-order valence-electron chi connectivity index (χ0n) is 46.3. The van der Waals surface area contributed by atoms with Crippen LogP contribution in [0, 0.1) is 0 Å². The van der Waals surface area contributed by atoms with Crippen LogP contribution in [0.15, 0.2) is 47.9 Å². The summed E-state index contributed by atoms with van der Waals surface area (Å²) < 4.78 is 56.2. The molecule has 6 heterocycles. The van der Waals surface area contributed by atoms with Crippen molar-refractivity contribution in [2.75, 3.05) is 68.2 Å². The van der Waals surface area contributed by atoms with E-state index in [1.807, 2.05) is 24.3 Å². The van der Waals surface area contributed by atoms with Crippen LogP contribution in [-0.4, -0.2) is 168 Å². The Morgan fingerprint density at radius 2 is 0.936 bits per heavy atom. The van der Waals surface area contributed by atoms with Crippen LogP contribution in [0.3, 0.4) is 0 Å². The maximum absolute atomic E-state index is 13.8. The third kappa shape index (κ3) is 11.1. The van der Waals surface area contributed by atoms with Crippen molar-refractivity contribution in [2.24, 2.45) is 0 Å². The number of benzene rings is 2. The fourth-order valence-electron chi connectivity index (χ4n) is 13.4. The van der Waals surface area contributed by atoms with E-state index in [2.05, 4.69) is 22.0 Å². The van der Waals surface area contributed by atoms with Crippen LogP contribution < -0.4 is 18.9 Å². The highest BCUT2D eigenvalue weighted by molar-refractivity contribution is 5.87. The molecular weight excluding hydrogens is 1010 g/mol. The first-order chi connectivity index (χ1) is 37.0. The molecule has 428 valence electrons. The van der Waals surface area contributed by atoms with Gasteiger partial charge in [0.25, 0.3) is 0 Å². The van der Waals surface area contributed by atoms with Gasteiger partial charge in [-0.25, -0.2) is 9.59 Å². The van der Waals surface area contributed by atoms with Gasteiger partial charge in [0.2, 0.25) is 13.6 Å². The molecule has 20 nitrogen and oxygen atoms in total. The Morgan fingerprint density at radius 1 is 0.564 bits per heavy atom. The van der Waals surface area contributed by atoms with Crippen LogP contribution in [0.1, 0.15) is 139 Å². The first kappa shape index (κ1) is 57.1. The minimum Gasteiger partial charge on any atom is -0.497 e. The van der Waals surface area contributed by atoms with Gasteiger partial charge in [0.1, 0.15) is 11.5 Å². The quantitative estimate of drug-likeness (QED) is 0.111. The van der Waals surface area contributed by atoms with Crippen LogP contribution in [-0.2, 0) is 60.4 Å². The number of ether oxygens (including phenoxy) is 10. The summed E-state index contributed by atoms with van der Waals surface area (Å²) in [5, 5.41) is 43.3. The highest BCUT2D eigenvalue weighted by atomic mass is 16.7. The van der Waals surface area contributed by atoms with Crippen molar-refractivity contribution < 1.29 is 87.0 Å². The van der Waals surface area contributed by atoms with Gasteiger partial charge in [-0.2, -0.15) is 0 Å². The Kier molecular flexibility index (Phi) is 16.2. The molecule has 10 rings (SSSR count). The van der Waals surface area contributed by atoms with Gasteiger partial charge >= 0.3 is 23.9 Å². The number of hydrogen-bond acceptors (Lipinski definition) is 20. The van der Waals surface area contributed by atoms with E-state index in [1.165, 1.54) is 14.2 Å². The minimum absolute atomic E-state index is 0.0686. The number of carbonyl (C=O) groups is 4. The van der Waals surface area contributed by atoms with Crippen LogP contribution in [0.25, 0.3) is 0 Å². The van der Waals surface area contributed by atoms with E-state index in [9.17, 15) is 39.6 Å². The molecule has 0 amide bonds. The standard InChI is InChI=1S/2C29H39NO9/c2*1-27(2,33)8-5-10-29(34,16-23(31)36-4)26(32)39-25-22(35-3)15-28-9-6-11-30(28)12-7-18-13-20-21(38-17-37-20)14-19(18)24(25)28/h2*13-15,24-25,33-34H,5-12,16-17H2,1-4H3/t24-,25?,28+,29?;24-,25?,28+,29-/m11/s1. The number of esters is 4. The molecule has 0 bridgehead atoms. The molecule has 0 aromatic heterocycles. The SMILES string of the molecule is COC(=O)CC(O)(CCCC(C)(C)O)C(=O)OC1C(OC)=C[C@]23CCCN2CCc2cc4c(cc2[C@H]13)OCO4.COC(=O)C[C@](O)(CCCC(C)(C)O)C(=O)OC1C(OC)=C[C@]23CCCN2CCc2cc4c(cc2[C@H]13)OCO4. The average molecular weight is 1090 g/mol. The Labute approximate surface area is 455 Å². The van der Waals surface area contributed by atoms with Crippen molar-refractivity contribution in [2.45, 2.75) is 175 Å². The maximum atomic E-state index is 13.8. The Bertz CT molecular complexity index is 2500. The second-order valence-electron chi connectivity index (χ2n) is 23.5. The third-order valence-corrected chi connectivity index (χ3v) is 17.2. The lowest BCUT2D eigenvalue weighted by molar-refractivity contribution is -0.178. The molecule has 8 aliphatic rings. The molecule has 2 saturated heterocycles. The van der Waals surface area contributed by atoms with Gasteiger partial charge in [-0.15, -0.1) is 0 Å². The Morgan fingerprint density at radius 3 is 1.28 bits per heavy atom. The molecule has 0 saturated carbocycles. The van der Waals surface area contributed by atoms with Gasteiger partial charge < -0.3 is 67.8 Å². The molecule has 2 aliphatic carbocycles. The normalized spacial score (nSPS) is 27.0. The predicted octanol–water partition coefficient (Wildman–Crippen LogP) is 5.16. The summed E-state index contributed by atoms with van der Waals surface area (Å²) in [6.07, 6.45) is 7.88. The summed E-state index contributed by atoms with van der Waals surface area (Å²) in [4.78, 5) is 56.8. The van der Waals surface area contributed by atoms with Crippen LogP contribution in [0.2, 0.25) is 0 Å². The summed E-state index contributed by atoms with van der Waals surface area (Å²) in [7, 11) is 5.52. The number of carbonyl (C=O) groups excluding carboxylic acids is 4. The Hall–Kier alpha value is -5.64. The zero-order valence-corrected chi connectivity index (χ0v) is 46.3. The van der Waals surface area contributed by atoms with E-state index in [4.69, 9.17) is 47.4 Å². The van der Waals surface area contributed by atoms with Crippen molar-refractivity contribution in [3.05, 3.63) is 70.2 Å². The van der Waals surface area contributed by atoms with E-state index in [1.54, 1.807) is 41.9 Å². The van der Waals surface area contributed by atoms with E-state index in [0.717, 1.165) is 87.0 Å². The molecular formula is C58H78N2O18. The van der Waals surface area contributed by atoms with Crippen molar-refractivity contribution >= 4 is 23.9 Å². The van der Waals surface area contributed by atoms with E-state index in [-0.39, 0.29) is 38.3 Å². The smallest absolute Gasteiger partial charge is 0.339 e. The molecule has 0 radical (unpaired) electrons.